The summed E-state index contributed by atoms with van der Waals surface area (Å²) in [6.45, 7) is 10.9. The zero-order chi connectivity index (χ0) is 18.4. The average molecular weight is 343 g/mol. The first-order valence-electron chi connectivity index (χ1n) is 9.66. The maximum Gasteiger partial charge on any atom is 0.126 e. The molecule has 2 rings (SSSR count). The lowest BCUT2D eigenvalue weighted by atomic mass is 9.87. The van der Waals surface area contributed by atoms with E-state index in [0.717, 1.165) is 61.8 Å². The van der Waals surface area contributed by atoms with Gasteiger partial charge in [0.2, 0.25) is 0 Å². The number of aryl methyl sites for hydroxylation is 2. The van der Waals surface area contributed by atoms with Crippen molar-refractivity contribution in [1.82, 2.24) is 0 Å². The largest absolute Gasteiger partial charge is 0.508 e. The third-order valence-electron chi connectivity index (χ3n) is 5.36. The van der Waals surface area contributed by atoms with Gasteiger partial charge in [-0.15, -0.1) is 0 Å². The molecule has 25 heavy (non-hydrogen) atoms. The molecule has 0 saturated heterocycles. The van der Waals surface area contributed by atoms with Crippen LogP contribution in [0.25, 0.3) is 0 Å². The second-order valence-corrected chi connectivity index (χ2v) is 7.83. The van der Waals surface area contributed by atoms with Gasteiger partial charge in [-0.05, 0) is 95.9 Å². The van der Waals surface area contributed by atoms with E-state index in [1.165, 1.54) is 11.1 Å². The van der Waals surface area contributed by atoms with Crippen molar-refractivity contribution in [3.8, 4) is 11.5 Å². The van der Waals surface area contributed by atoms with Crippen LogP contribution in [0.2, 0.25) is 0 Å². The maximum absolute atomic E-state index is 9.76. The van der Waals surface area contributed by atoms with Crippen molar-refractivity contribution >= 4 is 0 Å². The highest BCUT2D eigenvalue weighted by molar-refractivity contribution is 5.47. The number of benzene rings is 1. The molecular weight excluding hydrogens is 308 g/mol. The van der Waals surface area contributed by atoms with E-state index in [1.807, 2.05) is 13.0 Å². The molecule has 0 unspecified atom stereocenters. The van der Waals surface area contributed by atoms with Crippen molar-refractivity contribution in [3.05, 3.63) is 46.6 Å². The predicted octanol–water partition coefficient (Wildman–Crippen LogP) is 6.65. The highest BCUT2D eigenvalue weighted by Gasteiger charge is 2.31. The van der Waals surface area contributed by atoms with Crippen molar-refractivity contribution < 1.29 is 9.84 Å². The molecule has 2 heteroatoms. The fraction of sp³-hybridized carbons (Fsp3) is 0.565. The molecule has 0 aliphatic carbocycles. The van der Waals surface area contributed by atoms with E-state index in [-0.39, 0.29) is 5.60 Å². The Kier molecular flexibility index (Phi) is 6.75. The molecule has 0 bridgehead atoms. The van der Waals surface area contributed by atoms with E-state index in [4.69, 9.17) is 4.74 Å². The lowest BCUT2D eigenvalue weighted by Crippen LogP contribution is -2.36. The summed E-state index contributed by atoms with van der Waals surface area (Å²) in [4.78, 5) is 0. The molecular formula is C23H34O2. The van der Waals surface area contributed by atoms with Crippen LogP contribution in [0.1, 0.15) is 77.3 Å². The number of phenols is 1. The maximum atomic E-state index is 9.76. The van der Waals surface area contributed by atoms with Gasteiger partial charge in [0, 0.05) is 0 Å². The fourth-order valence-corrected chi connectivity index (χ4v) is 3.45. The van der Waals surface area contributed by atoms with Gasteiger partial charge in [0.15, 0.2) is 0 Å². The van der Waals surface area contributed by atoms with Crippen LogP contribution in [0.3, 0.4) is 0 Å². The molecule has 1 aliphatic rings. The Morgan fingerprint density at radius 1 is 1.20 bits per heavy atom. The summed E-state index contributed by atoms with van der Waals surface area (Å²) in [6, 6.07) is 3.64. The summed E-state index contributed by atoms with van der Waals surface area (Å²) in [6.07, 6.45) is 12.3. The fourth-order valence-electron chi connectivity index (χ4n) is 3.45. The smallest absolute Gasteiger partial charge is 0.126 e. The zero-order valence-electron chi connectivity index (χ0n) is 16.6. The minimum Gasteiger partial charge on any atom is -0.508 e. The van der Waals surface area contributed by atoms with Crippen LogP contribution in [0.5, 0.6) is 11.5 Å². The van der Waals surface area contributed by atoms with Crippen LogP contribution < -0.4 is 4.74 Å². The van der Waals surface area contributed by atoms with Gasteiger partial charge in [-0.3, -0.25) is 0 Å². The van der Waals surface area contributed by atoms with Crippen molar-refractivity contribution in [2.24, 2.45) is 0 Å². The minimum atomic E-state index is -0.107. The van der Waals surface area contributed by atoms with Crippen molar-refractivity contribution in [1.29, 1.82) is 0 Å². The van der Waals surface area contributed by atoms with Gasteiger partial charge in [0.25, 0.3) is 0 Å². The van der Waals surface area contributed by atoms with Crippen LogP contribution in [0.4, 0.5) is 0 Å². The summed E-state index contributed by atoms with van der Waals surface area (Å²) in [5, 5.41) is 9.76. The van der Waals surface area contributed by atoms with Crippen LogP contribution >= 0.6 is 0 Å². The molecule has 0 radical (unpaired) electrons. The molecule has 138 valence electrons. The van der Waals surface area contributed by atoms with Gasteiger partial charge < -0.3 is 9.84 Å². The summed E-state index contributed by atoms with van der Waals surface area (Å²) in [5.74, 6) is 1.32. The summed E-state index contributed by atoms with van der Waals surface area (Å²) < 4.78 is 6.36. The molecule has 0 amide bonds. The highest BCUT2D eigenvalue weighted by atomic mass is 16.5. The number of allylic oxidation sites excluding steroid dienone is 4. The Labute approximate surface area is 153 Å². The number of hydrogen-bond acceptors (Lipinski definition) is 2. The minimum absolute atomic E-state index is 0.107. The SMILES string of the molecule is CC/C(C)=C/CC/C(C)=C/CC[C@]1(C)CCc2cc(O)cc(C)c2O1. The summed E-state index contributed by atoms with van der Waals surface area (Å²) >= 11 is 0. The molecule has 0 spiro atoms. The van der Waals surface area contributed by atoms with Crippen LogP contribution in [-0.2, 0) is 6.42 Å². The zero-order valence-corrected chi connectivity index (χ0v) is 16.6. The van der Waals surface area contributed by atoms with Crippen molar-refractivity contribution in [2.75, 3.05) is 0 Å². The quantitative estimate of drug-likeness (QED) is 0.562. The Morgan fingerprint density at radius 3 is 2.64 bits per heavy atom. The molecule has 1 aromatic rings. The Hall–Kier alpha value is -1.70. The van der Waals surface area contributed by atoms with E-state index >= 15 is 0 Å². The topological polar surface area (TPSA) is 29.5 Å². The van der Waals surface area contributed by atoms with E-state index in [1.54, 1.807) is 6.07 Å². The van der Waals surface area contributed by atoms with Crippen molar-refractivity contribution in [3.63, 3.8) is 0 Å². The highest BCUT2D eigenvalue weighted by Crippen LogP contribution is 2.39. The van der Waals surface area contributed by atoms with Gasteiger partial charge in [0.05, 0.1) is 0 Å². The van der Waals surface area contributed by atoms with Crippen LogP contribution in [-0.4, -0.2) is 10.7 Å². The number of phenolic OH excluding ortho intramolecular Hbond substituents is 1. The second kappa shape index (κ2) is 8.60. The lowest BCUT2D eigenvalue weighted by molar-refractivity contribution is 0.0561. The van der Waals surface area contributed by atoms with E-state index in [9.17, 15) is 5.11 Å². The third-order valence-corrected chi connectivity index (χ3v) is 5.36. The van der Waals surface area contributed by atoms with E-state index < -0.39 is 0 Å². The van der Waals surface area contributed by atoms with Gasteiger partial charge >= 0.3 is 0 Å². The van der Waals surface area contributed by atoms with E-state index in [2.05, 4.69) is 39.8 Å². The molecule has 0 fully saturated rings. The number of rotatable bonds is 7. The summed E-state index contributed by atoms with van der Waals surface area (Å²) in [5.41, 5.74) is 5.02. The number of fused-ring (bicyclic) bond motifs is 1. The third kappa shape index (κ3) is 5.66. The predicted molar refractivity (Wildman–Crippen MR) is 106 cm³/mol. The van der Waals surface area contributed by atoms with Crippen molar-refractivity contribution in [2.45, 2.75) is 85.2 Å². The molecule has 1 aromatic carbocycles. The molecule has 1 aliphatic heterocycles. The van der Waals surface area contributed by atoms with Gasteiger partial charge in [-0.1, -0.05) is 30.2 Å². The van der Waals surface area contributed by atoms with Crippen LogP contribution in [0, 0.1) is 6.92 Å². The standard InChI is InChI=1S/C23H34O2/c1-6-17(2)9-7-10-18(3)11-8-13-23(5)14-12-20-16-21(24)15-19(4)22(20)25-23/h9,11,15-16,24H,6-8,10,12-14H2,1-5H3/b17-9+,18-11+/t23-/m1/s1. The molecule has 0 saturated carbocycles. The normalized spacial score (nSPS) is 21.0. The second-order valence-electron chi connectivity index (χ2n) is 7.83. The molecule has 1 N–H and O–H groups in total. The first-order chi connectivity index (χ1) is 11.8. The molecule has 1 atom stereocenters. The van der Waals surface area contributed by atoms with Gasteiger partial charge in [0.1, 0.15) is 17.1 Å². The van der Waals surface area contributed by atoms with Gasteiger partial charge in [-0.2, -0.15) is 0 Å². The lowest BCUT2D eigenvalue weighted by Gasteiger charge is -2.36. The Bertz CT molecular complexity index is 654. The van der Waals surface area contributed by atoms with E-state index in [0.29, 0.717) is 5.75 Å². The Balaban J connectivity index is 1.89. The summed E-state index contributed by atoms with van der Waals surface area (Å²) in [7, 11) is 0. The number of aromatic hydroxyl groups is 1. The first-order valence-corrected chi connectivity index (χ1v) is 9.66. The van der Waals surface area contributed by atoms with Crippen LogP contribution in [0.15, 0.2) is 35.4 Å². The first kappa shape index (κ1) is 19.6. The average Bonchev–Trinajstić information content (AvgIpc) is 2.55. The Morgan fingerprint density at radius 2 is 1.92 bits per heavy atom. The molecule has 1 heterocycles. The number of ether oxygens (including phenoxy) is 1. The molecule has 0 aromatic heterocycles. The molecule has 2 nitrogen and oxygen atoms in total. The van der Waals surface area contributed by atoms with Gasteiger partial charge in [-0.25, -0.2) is 0 Å². The monoisotopic (exact) mass is 342 g/mol. The number of hydrogen-bond donors (Lipinski definition) is 1.